The standard InChI is InChI=1S/C18H21N3O2/c1-4-16-18(22)21-15-6-5-13(10-17(15)23-16)12(3)20-14-7-8-19-11(2)9-14/h5-10,12,16H,4H2,1-3H3,(H,19,20)(H,21,22). The summed E-state index contributed by atoms with van der Waals surface area (Å²) in [5.41, 5.74) is 3.84. The van der Waals surface area contributed by atoms with Gasteiger partial charge in [-0.25, -0.2) is 0 Å². The quantitative estimate of drug-likeness (QED) is 0.904. The highest BCUT2D eigenvalue weighted by atomic mass is 16.5. The van der Waals surface area contributed by atoms with Crippen LogP contribution in [-0.2, 0) is 4.79 Å². The minimum Gasteiger partial charge on any atom is -0.478 e. The molecule has 1 amide bonds. The van der Waals surface area contributed by atoms with Crippen molar-refractivity contribution in [3.8, 4) is 5.75 Å². The van der Waals surface area contributed by atoms with Crippen molar-refractivity contribution < 1.29 is 9.53 Å². The highest BCUT2D eigenvalue weighted by Gasteiger charge is 2.26. The third-order valence-electron chi connectivity index (χ3n) is 3.98. The van der Waals surface area contributed by atoms with E-state index in [0.29, 0.717) is 6.42 Å². The molecule has 1 aromatic heterocycles. The number of hydrogen-bond acceptors (Lipinski definition) is 4. The largest absolute Gasteiger partial charge is 0.478 e. The fraction of sp³-hybridized carbons (Fsp3) is 0.333. The number of amides is 1. The molecule has 23 heavy (non-hydrogen) atoms. The van der Waals surface area contributed by atoms with Crippen LogP contribution in [-0.4, -0.2) is 17.0 Å². The van der Waals surface area contributed by atoms with Crippen LogP contribution in [0.5, 0.6) is 5.75 Å². The van der Waals surface area contributed by atoms with E-state index in [-0.39, 0.29) is 11.9 Å². The topological polar surface area (TPSA) is 63.2 Å². The van der Waals surface area contributed by atoms with Gasteiger partial charge < -0.3 is 15.4 Å². The maximum absolute atomic E-state index is 11.8. The maximum Gasteiger partial charge on any atom is 0.265 e. The van der Waals surface area contributed by atoms with Crippen molar-refractivity contribution in [2.45, 2.75) is 39.3 Å². The molecular weight excluding hydrogens is 290 g/mol. The minimum atomic E-state index is -0.413. The van der Waals surface area contributed by atoms with Gasteiger partial charge in [0.15, 0.2) is 6.10 Å². The second kappa shape index (κ2) is 6.28. The molecule has 2 atom stereocenters. The first-order chi connectivity index (χ1) is 11.1. The van der Waals surface area contributed by atoms with Crippen LogP contribution in [0.2, 0.25) is 0 Å². The van der Waals surface area contributed by atoms with Gasteiger partial charge in [-0.3, -0.25) is 9.78 Å². The number of carbonyl (C=O) groups excluding carboxylic acids is 1. The Kier molecular flexibility index (Phi) is 4.19. The number of fused-ring (bicyclic) bond motifs is 1. The molecule has 120 valence electrons. The molecule has 0 spiro atoms. The second-order valence-electron chi connectivity index (χ2n) is 5.81. The molecule has 0 radical (unpaired) electrons. The van der Waals surface area contributed by atoms with Gasteiger partial charge in [-0.2, -0.15) is 0 Å². The number of pyridine rings is 1. The van der Waals surface area contributed by atoms with E-state index in [1.54, 1.807) is 6.20 Å². The molecule has 1 aromatic carbocycles. The van der Waals surface area contributed by atoms with Crippen molar-refractivity contribution in [2.24, 2.45) is 0 Å². The SMILES string of the molecule is CCC1Oc2cc(C(C)Nc3ccnc(C)c3)ccc2NC1=O. The molecule has 3 rings (SSSR count). The number of hydrogen-bond donors (Lipinski definition) is 2. The average molecular weight is 311 g/mol. The number of rotatable bonds is 4. The highest BCUT2D eigenvalue weighted by Crippen LogP contribution is 2.33. The Balaban J connectivity index is 1.80. The predicted octanol–water partition coefficient (Wildman–Crippen LogP) is 3.67. The lowest BCUT2D eigenvalue weighted by molar-refractivity contribution is -0.123. The third kappa shape index (κ3) is 3.28. The van der Waals surface area contributed by atoms with Gasteiger partial charge in [-0.15, -0.1) is 0 Å². The first kappa shape index (κ1) is 15.3. The number of nitrogens with zero attached hydrogens (tertiary/aromatic N) is 1. The third-order valence-corrected chi connectivity index (χ3v) is 3.98. The molecular formula is C18H21N3O2. The van der Waals surface area contributed by atoms with E-state index < -0.39 is 6.10 Å². The molecule has 1 aliphatic heterocycles. The molecule has 0 aliphatic carbocycles. The Labute approximate surface area is 136 Å². The van der Waals surface area contributed by atoms with Crippen LogP contribution in [0.1, 0.15) is 37.6 Å². The molecule has 2 heterocycles. The van der Waals surface area contributed by atoms with Crippen molar-refractivity contribution in [1.29, 1.82) is 0 Å². The first-order valence-corrected chi connectivity index (χ1v) is 7.87. The zero-order chi connectivity index (χ0) is 16.4. The van der Waals surface area contributed by atoms with Gasteiger partial charge in [0, 0.05) is 23.6 Å². The number of aromatic nitrogens is 1. The Bertz CT molecular complexity index is 730. The van der Waals surface area contributed by atoms with E-state index in [2.05, 4.69) is 22.5 Å². The van der Waals surface area contributed by atoms with Gasteiger partial charge in [0.1, 0.15) is 5.75 Å². The first-order valence-electron chi connectivity index (χ1n) is 7.87. The van der Waals surface area contributed by atoms with Gasteiger partial charge in [0.05, 0.1) is 5.69 Å². The van der Waals surface area contributed by atoms with Crippen LogP contribution in [0.3, 0.4) is 0 Å². The van der Waals surface area contributed by atoms with Crippen LogP contribution in [0.4, 0.5) is 11.4 Å². The van der Waals surface area contributed by atoms with Gasteiger partial charge in [-0.05, 0) is 50.1 Å². The normalized spacial score (nSPS) is 17.7. The van der Waals surface area contributed by atoms with Crippen molar-refractivity contribution in [3.05, 3.63) is 47.8 Å². The fourth-order valence-corrected chi connectivity index (χ4v) is 2.67. The Morgan fingerprint density at radius 2 is 2.17 bits per heavy atom. The molecule has 0 bridgehead atoms. The average Bonchev–Trinajstić information content (AvgIpc) is 2.53. The lowest BCUT2D eigenvalue weighted by Gasteiger charge is -2.26. The van der Waals surface area contributed by atoms with Crippen LogP contribution in [0.25, 0.3) is 0 Å². The Morgan fingerprint density at radius 1 is 1.35 bits per heavy atom. The summed E-state index contributed by atoms with van der Waals surface area (Å²) >= 11 is 0. The predicted molar refractivity (Wildman–Crippen MR) is 90.8 cm³/mol. The zero-order valence-electron chi connectivity index (χ0n) is 13.6. The van der Waals surface area contributed by atoms with Crippen LogP contribution < -0.4 is 15.4 Å². The number of anilines is 2. The van der Waals surface area contributed by atoms with E-state index in [0.717, 1.165) is 28.4 Å². The van der Waals surface area contributed by atoms with Crippen LogP contribution in [0.15, 0.2) is 36.5 Å². The molecule has 5 nitrogen and oxygen atoms in total. The molecule has 2 unspecified atom stereocenters. The molecule has 0 saturated carbocycles. The lowest BCUT2D eigenvalue weighted by atomic mass is 10.1. The minimum absolute atomic E-state index is 0.0776. The fourth-order valence-electron chi connectivity index (χ4n) is 2.67. The summed E-state index contributed by atoms with van der Waals surface area (Å²) in [5, 5.41) is 6.35. The van der Waals surface area contributed by atoms with E-state index >= 15 is 0 Å². The Morgan fingerprint density at radius 3 is 2.91 bits per heavy atom. The summed E-state index contributed by atoms with van der Waals surface area (Å²) in [6.07, 6.45) is 2.03. The van der Waals surface area contributed by atoms with Gasteiger partial charge in [0.2, 0.25) is 0 Å². The smallest absolute Gasteiger partial charge is 0.265 e. The molecule has 1 aliphatic rings. The van der Waals surface area contributed by atoms with Crippen molar-refractivity contribution in [3.63, 3.8) is 0 Å². The maximum atomic E-state index is 11.8. The molecule has 0 saturated heterocycles. The number of benzene rings is 1. The van der Waals surface area contributed by atoms with Crippen molar-refractivity contribution in [2.75, 3.05) is 10.6 Å². The highest BCUT2D eigenvalue weighted by molar-refractivity contribution is 5.97. The number of ether oxygens (including phenoxy) is 1. The van der Waals surface area contributed by atoms with Gasteiger partial charge in [-0.1, -0.05) is 13.0 Å². The van der Waals surface area contributed by atoms with Crippen LogP contribution >= 0.6 is 0 Å². The number of carbonyl (C=O) groups is 1. The summed E-state index contributed by atoms with van der Waals surface area (Å²) < 4.78 is 5.80. The van der Waals surface area contributed by atoms with E-state index in [9.17, 15) is 4.79 Å². The van der Waals surface area contributed by atoms with E-state index in [1.165, 1.54) is 0 Å². The van der Waals surface area contributed by atoms with Crippen molar-refractivity contribution >= 4 is 17.3 Å². The zero-order valence-corrected chi connectivity index (χ0v) is 13.6. The second-order valence-corrected chi connectivity index (χ2v) is 5.81. The molecule has 2 N–H and O–H groups in total. The number of aryl methyl sites for hydroxylation is 1. The molecule has 2 aromatic rings. The molecule has 0 fully saturated rings. The summed E-state index contributed by atoms with van der Waals surface area (Å²) in [5.74, 6) is 0.652. The van der Waals surface area contributed by atoms with E-state index in [4.69, 9.17) is 4.74 Å². The summed E-state index contributed by atoms with van der Waals surface area (Å²) in [6, 6.07) is 9.96. The van der Waals surface area contributed by atoms with Gasteiger partial charge >= 0.3 is 0 Å². The van der Waals surface area contributed by atoms with Crippen LogP contribution in [0, 0.1) is 6.92 Å². The van der Waals surface area contributed by atoms with E-state index in [1.807, 2.05) is 44.2 Å². The Hall–Kier alpha value is -2.56. The summed E-state index contributed by atoms with van der Waals surface area (Å²) in [6.45, 7) is 6.00. The number of nitrogens with one attached hydrogen (secondary N) is 2. The lowest BCUT2D eigenvalue weighted by Crippen LogP contribution is -2.36. The van der Waals surface area contributed by atoms with Gasteiger partial charge in [0.25, 0.3) is 5.91 Å². The molecule has 5 heteroatoms. The monoisotopic (exact) mass is 311 g/mol. The summed E-state index contributed by atoms with van der Waals surface area (Å²) in [7, 11) is 0. The summed E-state index contributed by atoms with van der Waals surface area (Å²) in [4.78, 5) is 16.0. The van der Waals surface area contributed by atoms with Crippen molar-refractivity contribution in [1.82, 2.24) is 4.98 Å².